The van der Waals surface area contributed by atoms with Crippen molar-refractivity contribution >= 4 is 5.82 Å². The molecule has 1 saturated carbocycles. The van der Waals surface area contributed by atoms with Crippen LogP contribution < -0.4 is 10.2 Å². The van der Waals surface area contributed by atoms with E-state index >= 15 is 0 Å². The lowest BCUT2D eigenvalue weighted by Crippen LogP contribution is -2.54. The maximum atomic E-state index is 10.6. The van der Waals surface area contributed by atoms with Crippen LogP contribution in [-0.4, -0.2) is 52.7 Å². The van der Waals surface area contributed by atoms with Crippen LogP contribution in [0.4, 0.5) is 5.82 Å². The van der Waals surface area contributed by atoms with Gasteiger partial charge in [-0.25, -0.2) is 0 Å². The highest BCUT2D eigenvalue weighted by atomic mass is 16.3. The monoisotopic (exact) mass is 353 g/mol. The summed E-state index contributed by atoms with van der Waals surface area (Å²) in [5.74, 6) is 0.719. The third kappa shape index (κ3) is 2.88. The zero-order chi connectivity index (χ0) is 18.2. The van der Waals surface area contributed by atoms with Gasteiger partial charge in [0, 0.05) is 23.8 Å². The van der Waals surface area contributed by atoms with Crippen molar-refractivity contribution in [1.29, 1.82) is 0 Å². The van der Waals surface area contributed by atoms with E-state index in [0.717, 1.165) is 38.0 Å². The van der Waals surface area contributed by atoms with Crippen LogP contribution in [0.15, 0.2) is 48.7 Å². The maximum Gasteiger partial charge on any atom is 0.185 e. The van der Waals surface area contributed by atoms with Crippen LogP contribution in [0.25, 0.3) is 0 Å². The number of nitrogens with zero attached hydrogens (tertiary/aromatic N) is 4. The van der Waals surface area contributed by atoms with Crippen molar-refractivity contribution < 1.29 is 5.11 Å². The summed E-state index contributed by atoms with van der Waals surface area (Å²) in [5.41, 5.74) is 1.36. The second-order valence-electron chi connectivity index (χ2n) is 7.80. The summed E-state index contributed by atoms with van der Waals surface area (Å²) in [4.78, 5) is 4.28. The normalized spacial score (nSPS) is 31.7. The van der Waals surface area contributed by atoms with E-state index in [4.69, 9.17) is 0 Å². The molecule has 0 bridgehead atoms. The summed E-state index contributed by atoms with van der Waals surface area (Å²) in [5, 5.41) is 22.1. The predicted molar refractivity (Wildman–Crippen MR) is 102 cm³/mol. The van der Waals surface area contributed by atoms with Gasteiger partial charge in [-0.1, -0.05) is 30.3 Å². The number of aliphatic hydroxyl groups is 1. The van der Waals surface area contributed by atoms with Gasteiger partial charge in [-0.3, -0.25) is 10.2 Å². The van der Waals surface area contributed by atoms with E-state index in [-0.39, 0.29) is 11.1 Å². The molecule has 2 heterocycles. The molecule has 1 unspecified atom stereocenters. The molecule has 0 amide bonds. The van der Waals surface area contributed by atoms with E-state index in [1.54, 1.807) is 6.20 Å². The highest BCUT2D eigenvalue weighted by Crippen LogP contribution is 2.46. The van der Waals surface area contributed by atoms with E-state index in [1.165, 1.54) is 5.56 Å². The summed E-state index contributed by atoms with van der Waals surface area (Å²) in [6.07, 6.45) is 5.06. The Kier molecular flexibility index (Phi) is 4.42. The van der Waals surface area contributed by atoms with Gasteiger partial charge in [0.15, 0.2) is 12.2 Å². The molecular weight excluding hydrogens is 326 g/mol. The van der Waals surface area contributed by atoms with Crippen LogP contribution in [0.2, 0.25) is 0 Å². The highest BCUT2D eigenvalue weighted by Gasteiger charge is 2.50. The van der Waals surface area contributed by atoms with Gasteiger partial charge in [0.1, 0.15) is 0 Å². The number of rotatable bonds is 3. The van der Waals surface area contributed by atoms with Crippen LogP contribution in [0.5, 0.6) is 0 Å². The number of benzene rings is 1. The molecule has 2 N–H and O–H groups in total. The molecule has 138 valence electrons. The minimum absolute atomic E-state index is 0.0547. The van der Waals surface area contributed by atoms with Gasteiger partial charge in [-0.15, -0.1) is 5.10 Å². The molecule has 0 radical (unpaired) electrons. The van der Waals surface area contributed by atoms with Crippen LogP contribution in [0.1, 0.15) is 31.2 Å². The van der Waals surface area contributed by atoms with Crippen molar-refractivity contribution in [3.8, 4) is 0 Å². The van der Waals surface area contributed by atoms with Crippen molar-refractivity contribution in [1.82, 2.24) is 20.4 Å². The molecular formula is C20H27N5O. The fourth-order valence-electron chi connectivity index (χ4n) is 4.65. The van der Waals surface area contributed by atoms with Gasteiger partial charge in [-0.2, -0.15) is 5.10 Å². The maximum absolute atomic E-state index is 10.6. The van der Waals surface area contributed by atoms with Gasteiger partial charge < -0.3 is 10.0 Å². The molecule has 6 heteroatoms. The lowest BCUT2D eigenvalue weighted by atomic mass is 9.69. The van der Waals surface area contributed by atoms with Gasteiger partial charge in [0.05, 0.1) is 0 Å². The molecule has 2 fully saturated rings. The zero-order valence-electron chi connectivity index (χ0n) is 15.5. The number of anilines is 1. The Balaban J connectivity index is 1.54. The second kappa shape index (κ2) is 6.61. The Hall–Kier alpha value is -2.02. The van der Waals surface area contributed by atoms with Gasteiger partial charge in [0.2, 0.25) is 0 Å². The molecule has 1 saturated heterocycles. The molecule has 1 atom stereocenters. The molecule has 6 nitrogen and oxygen atoms in total. The largest absolute Gasteiger partial charge is 0.361 e. The summed E-state index contributed by atoms with van der Waals surface area (Å²) in [7, 11) is 4.35. The van der Waals surface area contributed by atoms with E-state index in [9.17, 15) is 5.11 Å². The average Bonchev–Trinajstić information content (AvgIpc) is 3.00. The zero-order valence-corrected chi connectivity index (χ0v) is 15.5. The first kappa shape index (κ1) is 17.4. The molecule has 1 aromatic carbocycles. The molecule has 4 rings (SSSR count). The van der Waals surface area contributed by atoms with Crippen LogP contribution in [0.3, 0.4) is 0 Å². The number of nitrogens with one attached hydrogen (secondary N) is 1. The Labute approximate surface area is 154 Å². The fraction of sp³-hybridized carbons (Fsp3) is 0.500. The lowest BCUT2D eigenvalue weighted by Gasteiger charge is -2.49. The highest BCUT2D eigenvalue weighted by molar-refractivity contribution is 5.40. The van der Waals surface area contributed by atoms with Crippen LogP contribution in [0, 0.1) is 0 Å². The standard InChI is InChI=1S/C20H27N5O/c1-24(2)20(16-7-4-3-5-8-16)12-10-19(11-13-20)15-25(18(26)22-19)17-9-6-14-21-23-17/h3-9,14,18,22,26H,10-13,15H2,1-2H3/t18?,19-,20+. The third-order valence-electron chi connectivity index (χ3n) is 6.26. The number of hydrogen-bond donors (Lipinski definition) is 2. The minimum atomic E-state index is -0.713. The molecule has 2 aliphatic rings. The Morgan fingerprint density at radius 1 is 1.08 bits per heavy atom. The van der Waals surface area contributed by atoms with Crippen molar-refractivity contribution in [3.05, 3.63) is 54.2 Å². The molecule has 1 aliphatic carbocycles. The SMILES string of the molecule is CN(C)[C@]1(c2ccccc2)CC[C@]2(CC1)CN(c1cccnn1)C(O)N2. The topological polar surface area (TPSA) is 64.5 Å². The smallest absolute Gasteiger partial charge is 0.185 e. The van der Waals surface area contributed by atoms with Crippen molar-refractivity contribution in [2.75, 3.05) is 25.5 Å². The van der Waals surface area contributed by atoms with Crippen LogP contribution >= 0.6 is 0 Å². The lowest BCUT2D eigenvalue weighted by molar-refractivity contribution is 0.0513. The quantitative estimate of drug-likeness (QED) is 0.879. The third-order valence-corrected chi connectivity index (χ3v) is 6.26. The van der Waals surface area contributed by atoms with E-state index in [1.807, 2.05) is 17.0 Å². The van der Waals surface area contributed by atoms with Crippen LogP contribution in [-0.2, 0) is 5.54 Å². The van der Waals surface area contributed by atoms with Gasteiger partial charge in [-0.05, 0) is 57.5 Å². The first-order valence-corrected chi connectivity index (χ1v) is 9.28. The first-order valence-electron chi connectivity index (χ1n) is 9.28. The van der Waals surface area contributed by atoms with Crippen molar-refractivity contribution in [2.24, 2.45) is 0 Å². The fourth-order valence-corrected chi connectivity index (χ4v) is 4.65. The van der Waals surface area contributed by atoms with Gasteiger partial charge in [0.25, 0.3) is 0 Å². The average molecular weight is 353 g/mol. The molecule has 1 aromatic heterocycles. The minimum Gasteiger partial charge on any atom is -0.361 e. The van der Waals surface area contributed by atoms with E-state index < -0.39 is 6.35 Å². The van der Waals surface area contributed by atoms with Gasteiger partial charge >= 0.3 is 0 Å². The Morgan fingerprint density at radius 3 is 2.42 bits per heavy atom. The molecule has 2 aromatic rings. The summed E-state index contributed by atoms with van der Waals surface area (Å²) in [6, 6.07) is 14.5. The Bertz CT molecular complexity index is 728. The van der Waals surface area contributed by atoms with E-state index in [2.05, 4.69) is 64.8 Å². The summed E-state index contributed by atoms with van der Waals surface area (Å²) >= 11 is 0. The number of aliphatic hydroxyl groups excluding tert-OH is 1. The predicted octanol–water partition coefficient (Wildman–Crippen LogP) is 1.93. The number of aromatic nitrogens is 2. The first-order chi connectivity index (χ1) is 12.5. The molecule has 1 spiro atoms. The number of hydrogen-bond acceptors (Lipinski definition) is 6. The molecule has 26 heavy (non-hydrogen) atoms. The van der Waals surface area contributed by atoms with Crippen molar-refractivity contribution in [3.63, 3.8) is 0 Å². The van der Waals surface area contributed by atoms with Crippen molar-refractivity contribution in [2.45, 2.75) is 43.1 Å². The second-order valence-corrected chi connectivity index (χ2v) is 7.80. The Morgan fingerprint density at radius 2 is 1.81 bits per heavy atom. The van der Waals surface area contributed by atoms with E-state index in [0.29, 0.717) is 0 Å². The molecule has 1 aliphatic heterocycles. The summed E-state index contributed by atoms with van der Waals surface area (Å²) < 4.78 is 0. The summed E-state index contributed by atoms with van der Waals surface area (Å²) in [6.45, 7) is 0.755.